The summed E-state index contributed by atoms with van der Waals surface area (Å²) >= 11 is 0. The Morgan fingerprint density at radius 2 is 1.60 bits per heavy atom. The summed E-state index contributed by atoms with van der Waals surface area (Å²) in [4.78, 5) is 34.6. The van der Waals surface area contributed by atoms with E-state index in [0.29, 0.717) is 18.0 Å². The number of carbonyl (C=O) groups is 2. The number of hydrogen-bond donors (Lipinski definition) is 0. The Labute approximate surface area is 244 Å². The van der Waals surface area contributed by atoms with Gasteiger partial charge in [-0.05, 0) is 60.8 Å². The lowest BCUT2D eigenvalue weighted by Crippen LogP contribution is -2.23. The minimum atomic E-state index is -4.45. The van der Waals surface area contributed by atoms with E-state index in [-0.39, 0.29) is 33.9 Å². The first kappa shape index (κ1) is 30.8. The average molecular weight is 611 g/mol. The number of pyridine rings is 2. The Morgan fingerprint density at radius 3 is 2.21 bits per heavy atom. The molecule has 42 heavy (non-hydrogen) atoms. The molecule has 0 fully saturated rings. The Bertz CT molecular complexity index is 1740. The predicted molar refractivity (Wildman–Crippen MR) is 158 cm³/mol. The second-order valence-corrected chi connectivity index (χ2v) is 18.1. The summed E-state index contributed by atoms with van der Waals surface area (Å²) in [5.41, 5.74) is 1.34. The molecule has 0 aliphatic carbocycles. The summed E-state index contributed by atoms with van der Waals surface area (Å²) in [5, 5.41) is 0.120. The van der Waals surface area contributed by atoms with Crippen LogP contribution in [0.5, 0.6) is 5.75 Å². The van der Waals surface area contributed by atoms with Crippen molar-refractivity contribution in [1.82, 2.24) is 9.97 Å². The monoisotopic (exact) mass is 610 g/mol. The van der Waals surface area contributed by atoms with Crippen molar-refractivity contribution >= 4 is 41.0 Å². The van der Waals surface area contributed by atoms with Crippen molar-refractivity contribution in [1.29, 1.82) is 0 Å². The SMILES string of the molecule is COC(=O)c1nc(C(=O)OCC[Si](C)(C)C)c2cc(Cc3ccc(F)cc3)cnc2c1OS(=O)(=O)c1ccc(C)cc1. The maximum absolute atomic E-state index is 13.4. The zero-order valence-electron chi connectivity index (χ0n) is 23.9. The summed E-state index contributed by atoms with van der Waals surface area (Å²) in [6.45, 7) is 8.36. The number of aromatic nitrogens is 2. The zero-order chi connectivity index (χ0) is 30.7. The third-order valence-electron chi connectivity index (χ3n) is 6.33. The lowest BCUT2D eigenvalue weighted by Gasteiger charge is -2.17. The van der Waals surface area contributed by atoms with Gasteiger partial charge in [0, 0.05) is 19.7 Å². The third kappa shape index (κ3) is 7.37. The van der Waals surface area contributed by atoms with Gasteiger partial charge in [-0.15, -0.1) is 0 Å². The molecule has 0 aliphatic rings. The number of benzene rings is 2. The van der Waals surface area contributed by atoms with E-state index in [9.17, 15) is 22.4 Å². The first-order valence-corrected chi connectivity index (χ1v) is 18.2. The fraction of sp³-hybridized carbons (Fsp3) is 0.267. The van der Waals surface area contributed by atoms with E-state index in [1.165, 1.54) is 30.5 Å². The van der Waals surface area contributed by atoms with E-state index < -0.39 is 41.6 Å². The molecule has 2 aromatic heterocycles. The van der Waals surface area contributed by atoms with Crippen molar-refractivity contribution in [2.24, 2.45) is 0 Å². The largest absolute Gasteiger partial charge is 0.464 e. The standard InChI is InChI=1S/C30H31FN2O7SSi/c1-19-6-12-23(13-7-19)41(36,37)40-28-25-24(17-21(18-32-25)16-20-8-10-22(31)11-9-20)26(33-27(28)29(34)38-2)30(35)39-14-15-42(3,4)5/h6-13,17-18H,14-16H2,1-5H3. The summed E-state index contributed by atoms with van der Waals surface area (Å²) in [5.74, 6) is -2.70. The minimum absolute atomic E-state index is 0.0962. The number of halogens is 1. The van der Waals surface area contributed by atoms with Crippen molar-refractivity contribution < 1.29 is 36.1 Å². The normalized spacial score (nSPS) is 11.8. The Hall–Kier alpha value is -4.16. The number of ether oxygens (including phenoxy) is 2. The van der Waals surface area contributed by atoms with Crippen LogP contribution in [0.15, 0.2) is 65.7 Å². The highest BCUT2D eigenvalue weighted by atomic mass is 32.2. The van der Waals surface area contributed by atoms with Gasteiger partial charge in [0.25, 0.3) is 0 Å². The highest BCUT2D eigenvalue weighted by molar-refractivity contribution is 7.87. The van der Waals surface area contributed by atoms with Crippen molar-refractivity contribution in [3.05, 3.63) is 94.7 Å². The quantitative estimate of drug-likeness (QED) is 0.126. The molecule has 2 heterocycles. The van der Waals surface area contributed by atoms with Gasteiger partial charge in [-0.1, -0.05) is 49.5 Å². The second kappa shape index (κ2) is 12.4. The molecule has 0 saturated heterocycles. The van der Waals surface area contributed by atoms with Gasteiger partial charge in [0.05, 0.1) is 13.7 Å². The molecule has 0 amide bonds. The predicted octanol–water partition coefficient (Wildman–Crippen LogP) is 5.72. The van der Waals surface area contributed by atoms with Crippen LogP contribution in [0.25, 0.3) is 10.9 Å². The smallest absolute Gasteiger partial charge is 0.360 e. The van der Waals surface area contributed by atoms with E-state index in [1.54, 1.807) is 37.3 Å². The second-order valence-electron chi connectivity index (χ2n) is 11.0. The van der Waals surface area contributed by atoms with E-state index >= 15 is 0 Å². The summed E-state index contributed by atoms with van der Waals surface area (Å²) < 4.78 is 55.8. The van der Waals surface area contributed by atoms with Gasteiger partial charge in [0.1, 0.15) is 16.2 Å². The zero-order valence-corrected chi connectivity index (χ0v) is 25.7. The fourth-order valence-electron chi connectivity index (χ4n) is 3.99. The summed E-state index contributed by atoms with van der Waals surface area (Å²) in [6, 6.07) is 14.1. The van der Waals surface area contributed by atoms with Crippen LogP contribution in [0.4, 0.5) is 4.39 Å². The molecule has 2 aromatic carbocycles. The van der Waals surface area contributed by atoms with Crippen molar-refractivity contribution in [3.63, 3.8) is 0 Å². The molecule has 0 radical (unpaired) electrons. The summed E-state index contributed by atoms with van der Waals surface area (Å²) in [7, 11) is -4.89. The number of methoxy groups -OCH3 is 1. The van der Waals surface area contributed by atoms with Gasteiger partial charge in [-0.25, -0.2) is 19.0 Å². The first-order chi connectivity index (χ1) is 19.8. The van der Waals surface area contributed by atoms with Crippen molar-refractivity contribution in [3.8, 4) is 5.75 Å². The third-order valence-corrected chi connectivity index (χ3v) is 9.27. The van der Waals surface area contributed by atoms with Crippen LogP contribution in [0.1, 0.15) is 37.7 Å². The van der Waals surface area contributed by atoms with Gasteiger partial charge in [-0.2, -0.15) is 8.42 Å². The van der Waals surface area contributed by atoms with Gasteiger partial charge in [-0.3, -0.25) is 4.98 Å². The first-order valence-electron chi connectivity index (χ1n) is 13.1. The molecule has 0 atom stereocenters. The number of fused-ring (bicyclic) bond motifs is 1. The number of aryl methyl sites for hydroxylation is 1. The van der Waals surface area contributed by atoms with Crippen LogP contribution in [0.3, 0.4) is 0 Å². The molecule has 0 unspecified atom stereocenters. The molecule has 0 spiro atoms. The molecule has 0 saturated carbocycles. The van der Waals surface area contributed by atoms with Crippen LogP contribution in [-0.2, 0) is 26.0 Å². The van der Waals surface area contributed by atoms with E-state index in [1.807, 2.05) is 0 Å². The van der Waals surface area contributed by atoms with Crippen LogP contribution >= 0.6 is 0 Å². The number of hydrogen-bond acceptors (Lipinski definition) is 9. The van der Waals surface area contributed by atoms with Gasteiger partial charge in [0.15, 0.2) is 11.4 Å². The Morgan fingerprint density at radius 1 is 0.929 bits per heavy atom. The van der Waals surface area contributed by atoms with Gasteiger partial charge >= 0.3 is 22.1 Å². The average Bonchev–Trinajstić information content (AvgIpc) is 2.93. The van der Waals surface area contributed by atoms with E-state index in [0.717, 1.165) is 18.2 Å². The van der Waals surface area contributed by atoms with E-state index in [4.69, 9.17) is 13.7 Å². The molecule has 0 N–H and O–H groups in total. The maximum Gasteiger partial charge on any atom is 0.360 e. The molecular weight excluding hydrogens is 579 g/mol. The fourth-order valence-corrected chi connectivity index (χ4v) is 5.65. The number of rotatable bonds is 10. The van der Waals surface area contributed by atoms with Gasteiger partial charge in [0.2, 0.25) is 5.75 Å². The number of carbonyl (C=O) groups excluding carboxylic acids is 2. The molecule has 0 aliphatic heterocycles. The van der Waals surface area contributed by atoms with Crippen LogP contribution in [0, 0.1) is 12.7 Å². The lowest BCUT2D eigenvalue weighted by molar-refractivity contribution is 0.0520. The highest BCUT2D eigenvalue weighted by Gasteiger charge is 2.30. The molecule has 0 bridgehead atoms. The molecule has 220 valence electrons. The summed E-state index contributed by atoms with van der Waals surface area (Å²) in [6.07, 6.45) is 1.78. The number of nitrogens with zero attached hydrogens (tertiary/aromatic N) is 2. The lowest BCUT2D eigenvalue weighted by atomic mass is 10.0. The van der Waals surface area contributed by atoms with E-state index in [2.05, 4.69) is 29.6 Å². The van der Waals surface area contributed by atoms with Crippen molar-refractivity contribution in [2.75, 3.05) is 13.7 Å². The molecule has 9 nitrogen and oxygen atoms in total. The molecule has 12 heteroatoms. The topological polar surface area (TPSA) is 122 Å². The maximum atomic E-state index is 13.4. The number of esters is 2. The van der Waals surface area contributed by atoms with Crippen LogP contribution in [0.2, 0.25) is 25.7 Å². The molecule has 4 aromatic rings. The van der Waals surface area contributed by atoms with Crippen LogP contribution < -0.4 is 4.18 Å². The molecular formula is C30H31FN2O7SSi. The highest BCUT2D eigenvalue weighted by Crippen LogP contribution is 2.33. The minimum Gasteiger partial charge on any atom is -0.464 e. The van der Waals surface area contributed by atoms with Gasteiger partial charge < -0.3 is 13.7 Å². The Balaban J connectivity index is 1.88. The van der Waals surface area contributed by atoms with Crippen molar-refractivity contribution in [2.45, 2.75) is 43.9 Å². The molecule has 4 rings (SSSR count). The van der Waals surface area contributed by atoms with Crippen LogP contribution in [-0.4, -0.2) is 52.1 Å². The Kier molecular flexibility index (Phi) is 9.07.